The van der Waals surface area contributed by atoms with Gasteiger partial charge in [0.2, 0.25) is 0 Å². The van der Waals surface area contributed by atoms with E-state index >= 15 is 0 Å². The van der Waals surface area contributed by atoms with Crippen LogP contribution < -0.4 is 5.32 Å². The quantitative estimate of drug-likeness (QED) is 0.825. The molecule has 0 spiro atoms. The maximum absolute atomic E-state index is 6.02. The fraction of sp³-hybridized carbons (Fsp3) is 0.647. The second-order valence-electron chi connectivity index (χ2n) is 6.28. The van der Waals surface area contributed by atoms with Crippen LogP contribution in [0.25, 0.3) is 0 Å². The third-order valence-electron chi connectivity index (χ3n) is 4.23. The number of halogens is 1. The predicted molar refractivity (Wildman–Crippen MR) is 83.7 cm³/mol. The van der Waals surface area contributed by atoms with E-state index in [0.717, 1.165) is 23.3 Å². The first-order valence-corrected chi connectivity index (χ1v) is 7.99. The predicted octanol–water partition coefficient (Wildman–Crippen LogP) is 4.69. The summed E-state index contributed by atoms with van der Waals surface area (Å²) in [7, 11) is 0. The Bertz CT molecular complexity index is 391. The number of hydrogen-bond acceptors (Lipinski definition) is 1. The van der Waals surface area contributed by atoms with Crippen molar-refractivity contribution in [3.63, 3.8) is 0 Å². The average Bonchev–Trinajstić information content (AvgIpc) is 2.36. The molecule has 1 aromatic rings. The van der Waals surface area contributed by atoms with Crippen LogP contribution >= 0.6 is 11.6 Å². The maximum atomic E-state index is 6.02. The first-order valence-electron chi connectivity index (χ1n) is 7.61. The lowest BCUT2D eigenvalue weighted by Gasteiger charge is -2.28. The molecule has 0 radical (unpaired) electrons. The van der Waals surface area contributed by atoms with Gasteiger partial charge in [0.15, 0.2) is 0 Å². The van der Waals surface area contributed by atoms with Gasteiger partial charge in [-0.1, -0.05) is 43.5 Å². The molecule has 0 heterocycles. The highest BCUT2D eigenvalue weighted by Gasteiger charge is 2.19. The lowest BCUT2D eigenvalue weighted by atomic mass is 9.82. The van der Waals surface area contributed by atoms with Gasteiger partial charge in [-0.05, 0) is 62.3 Å². The number of nitrogens with one attached hydrogen (secondary N) is 1. The standard InChI is InChI=1S/C17H26ClN/c1-13-5-3-7-16(9-13)12-19-14(2)10-15-6-4-8-17(18)11-15/h4,6,8,11,13-14,16,19H,3,5,7,9-10,12H2,1-2H3. The van der Waals surface area contributed by atoms with Gasteiger partial charge in [-0.2, -0.15) is 0 Å². The van der Waals surface area contributed by atoms with Crippen molar-refractivity contribution in [2.24, 2.45) is 11.8 Å². The van der Waals surface area contributed by atoms with E-state index in [9.17, 15) is 0 Å². The minimum Gasteiger partial charge on any atom is -0.314 e. The Hall–Kier alpha value is -0.530. The molecular weight excluding hydrogens is 254 g/mol. The fourth-order valence-electron chi connectivity index (χ4n) is 3.20. The summed E-state index contributed by atoms with van der Waals surface area (Å²) in [5, 5.41) is 4.54. The Balaban J connectivity index is 1.73. The van der Waals surface area contributed by atoms with Crippen molar-refractivity contribution in [1.82, 2.24) is 5.32 Å². The monoisotopic (exact) mass is 279 g/mol. The molecule has 2 rings (SSSR count). The van der Waals surface area contributed by atoms with Gasteiger partial charge >= 0.3 is 0 Å². The molecule has 2 heteroatoms. The zero-order valence-corrected chi connectivity index (χ0v) is 12.9. The normalized spacial score (nSPS) is 25.2. The Morgan fingerprint density at radius 3 is 2.95 bits per heavy atom. The van der Waals surface area contributed by atoms with E-state index in [4.69, 9.17) is 11.6 Å². The largest absolute Gasteiger partial charge is 0.314 e. The highest BCUT2D eigenvalue weighted by Crippen LogP contribution is 2.28. The molecule has 1 saturated carbocycles. The van der Waals surface area contributed by atoms with Gasteiger partial charge in [-0.3, -0.25) is 0 Å². The summed E-state index contributed by atoms with van der Waals surface area (Å²) in [5.41, 5.74) is 1.32. The smallest absolute Gasteiger partial charge is 0.0408 e. The van der Waals surface area contributed by atoms with E-state index in [1.807, 2.05) is 12.1 Å². The van der Waals surface area contributed by atoms with Crippen LogP contribution in [-0.2, 0) is 6.42 Å². The maximum Gasteiger partial charge on any atom is 0.0408 e. The summed E-state index contributed by atoms with van der Waals surface area (Å²) >= 11 is 6.02. The Morgan fingerprint density at radius 2 is 2.21 bits per heavy atom. The molecule has 106 valence electrons. The molecule has 0 saturated heterocycles. The van der Waals surface area contributed by atoms with Crippen molar-refractivity contribution >= 4 is 11.6 Å². The van der Waals surface area contributed by atoms with Gasteiger partial charge < -0.3 is 5.32 Å². The lowest BCUT2D eigenvalue weighted by molar-refractivity contribution is 0.268. The summed E-state index contributed by atoms with van der Waals surface area (Å²) in [6.45, 7) is 5.83. The van der Waals surface area contributed by atoms with Gasteiger partial charge in [-0.15, -0.1) is 0 Å². The first-order chi connectivity index (χ1) is 9.13. The van der Waals surface area contributed by atoms with E-state index in [-0.39, 0.29) is 0 Å². The summed E-state index contributed by atoms with van der Waals surface area (Å²) in [5.74, 6) is 1.80. The molecule has 1 aromatic carbocycles. The SMILES string of the molecule is CC1CCCC(CNC(C)Cc2cccc(Cl)c2)C1. The fourth-order valence-corrected chi connectivity index (χ4v) is 3.42. The second-order valence-corrected chi connectivity index (χ2v) is 6.72. The molecule has 1 aliphatic rings. The summed E-state index contributed by atoms with van der Waals surface area (Å²) in [4.78, 5) is 0. The van der Waals surface area contributed by atoms with Crippen LogP contribution in [-0.4, -0.2) is 12.6 Å². The number of benzene rings is 1. The molecular formula is C17H26ClN. The van der Waals surface area contributed by atoms with Crippen LogP contribution in [0.2, 0.25) is 5.02 Å². The van der Waals surface area contributed by atoms with Crippen LogP contribution in [0.1, 0.15) is 45.1 Å². The summed E-state index contributed by atoms with van der Waals surface area (Å²) in [6.07, 6.45) is 6.70. The molecule has 3 unspecified atom stereocenters. The van der Waals surface area contributed by atoms with Gasteiger partial charge in [0, 0.05) is 11.1 Å². The van der Waals surface area contributed by atoms with Crippen LogP contribution in [0, 0.1) is 11.8 Å². The van der Waals surface area contributed by atoms with Crippen LogP contribution in [0.4, 0.5) is 0 Å². The molecule has 1 aliphatic carbocycles. The highest BCUT2D eigenvalue weighted by molar-refractivity contribution is 6.30. The molecule has 0 aromatic heterocycles. The zero-order chi connectivity index (χ0) is 13.7. The molecule has 0 amide bonds. The molecule has 19 heavy (non-hydrogen) atoms. The molecule has 1 nitrogen and oxygen atoms in total. The van der Waals surface area contributed by atoms with Crippen LogP contribution in [0.3, 0.4) is 0 Å². The minimum absolute atomic E-state index is 0.524. The van der Waals surface area contributed by atoms with E-state index in [1.165, 1.54) is 37.8 Å². The Labute approximate surface area is 122 Å². The van der Waals surface area contributed by atoms with E-state index in [0.29, 0.717) is 6.04 Å². The topological polar surface area (TPSA) is 12.0 Å². The number of hydrogen-bond donors (Lipinski definition) is 1. The molecule has 1 N–H and O–H groups in total. The van der Waals surface area contributed by atoms with Crippen molar-refractivity contribution in [2.45, 2.75) is 52.0 Å². The van der Waals surface area contributed by atoms with Crippen molar-refractivity contribution in [2.75, 3.05) is 6.54 Å². The zero-order valence-electron chi connectivity index (χ0n) is 12.2. The third kappa shape index (κ3) is 5.16. The molecule has 1 fully saturated rings. The van der Waals surface area contributed by atoms with Crippen molar-refractivity contribution < 1.29 is 0 Å². The van der Waals surface area contributed by atoms with Gasteiger partial charge in [-0.25, -0.2) is 0 Å². The first kappa shape index (κ1) is 14.9. The highest BCUT2D eigenvalue weighted by atomic mass is 35.5. The summed E-state index contributed by atoms with van der Waals surface area (Å²) in [6, 6.07) is 8.73. The Kier molecular flexibility index (Phi) is 5.72. The third-order valence-corrected chi connectivity index (χ3v) is 4.47. The van der Waals surface area contributed by atoms with Crippen molar-refractivity contribution in [1.29, 1.82) is 0 Å². The van der Waals surface area contributed by atoms with Gasteiger partial charge in [0.05, 0.1) is 0 Å². The lowest BCUT2D eigenvalue weighted by Crippen LogP contribution is -2.34. The number of rotatable bonds is 5. The van der Waals surface area contributed by atoms with Crippen LogP contribution in [0.5, 0.6) is 0 Å². The van der Waals surface area contributed by atoms with Crippen molar-refractivity contribution in [3.8, 4) is 0 Å². The summed E-state index contributed by atoms with van der Waals surface area (Å²) < 4.78 is 0. The van der Waals surface area contributed by atoms with Gasteiger partial charge in [0.25, 0.3) is 0 Å². The van der Waals surface area contributed by atoms with Crippen LogP contribution in [0.15, 0.2) is 24.3 Å². The average molecular weight is 280 g/mol. The molecule has 0 bridgehead atoms. The Morgan fingerprint density at radius 1 is 1.37 bits per heavy atom. The van der Waals surface area contributed by atoms with Gasteiger partial charge in [0.1, 0.15) is 0 Å². The minimum atomic E-state index is 0.524. The van der Waals surface area contributed by atoms with E-state index < -0.39 is 0 Å². The second kappa shape index (κ2) is 7.31. The van der Waals surface area contributed by atoms with Crippen molar-refractivity contribution in [3.05, 3.63) is 34.9 Å². The van der Waals surface area contributed by atoms with E-state index in [2.05, 4.69) is 31.3 Å². The molecule has 3 atom stereocenters. The van der Waals surface area contributed by atoms with E-state index in [1.54, 1.807) is 0 Å². The molecule has 0 aliphatic heterocycles.